The van der Waals surface area contributed by atoms with Gasteiger partial charge in [0.15, 0.2) is 5.13 Å². The maximum absolute atomic E-state index is 4.51. The highest BCUT2D eigenvalue weighted by Crippen LogP contribution is 2.22. The third-order valence-corrected chi connectivity index (χ3v) is 4.61. The molecule has 3 aromatic rings. The van der Waals surface area contributed by atoms with Crippen molar-refractivity contribution >= 4 is 27.2 Å². The van der Waals surface area contributed by atoms with Crippen LogP contribution in [0.2, 0.25) is 0 Å². The highest BCUT2D eigenvalue weighted by molar-refractivity contribution is 7.15. The monoisotopic (exact) mass is 282 g/mol. The standard InChI is InChI=1S/C17H18N2S/c1-12-13(2)20-17(19-12)18-11-10-15-8-5-7-14-6-3-4-9-16(14)15/h3-9H,10-11H2,1-2H3,(H,18,19). The minimum Gasteiger partial charge on any atom is -0.361 e. The number of aryl methyl sites for hydroxylation is 2. The van der Waals surface area contributed by atoms with Crippen molar-refractivity contribution in [2.45, 2.75) is 20.3 Å². The van der Waals surface area contributed by atoms with E-state index < -0.39 is 0 Å². The van der Waals surface area contributed by atoms with Crippen LogP contribution in [0.3, 0.4) is 0 Å². The first kappa shape index (κ1) is 13.1. The SMILES string of the molecule is Cc1nc(NCCc2cccc3ccccc23)sc1C. The number of nitrogens with zero attached hydrogens (tertiary/aromatic N) is 1. The zero-order valence-corrected chi connectivity index (χ0v) is 12.6. The molecule has 0 bridgehead atoms. The van der Waals surface area contributed by atoms with Gasteiger partial charge in [-0.2, -0.15) is 0 Å². The Kier molecular flexibility index (Phi) is 3.70. The van der Waals surface area contributed by atoms with E-state index in [0.717, 1.165) is 23.8 Å². The van der Waals surface area contributed by atoms with E-state index in [1.165, 1.54) is 21.2 Å². The number of hydrogen-bond donors (Lipinski definition) is 1. The number of aromatic nitrogens is 1. The Balaban J connectivity index is 1.71. The Labute approximate surface area is 123 Å². The molecule has 2 nitrogen and oxygen atoms in total. The highest BCUT2D eigenvalue weighted by atomic mass is 32.1. The molecule has 0 fully saturated rings. The Morgan fingerprint density at radius 2 is 1.85 bits per heavy atom. The molecule has 0 aliphatic heterocycles. The summed E-state index contributed by atoms with van der Waals surface area (Å²) >= 11 is 1.73. The van der Waals surface area contributed by atoms with Gasteiger partial charge in [-0.3, -0.25) is 0 Å². The lowest BCUT2D eigenvalue weighted by Gasteiger charge is -2.07. The van der Waals surface area contributed by atoms with E-state index in [9.17, 15) is 0 Å². The van der Waals surface area contributed by atoms with E-state index in [4.69, 9.17) is 0 Å². The average molecular weight is 282 g/mol. The van der Waals surface area contributed by atoms with E-state index >= 15 is 0 Å². The van der Waals surface area contributed by atoms with Gasteiger partial charge in [0.05, 0.1) is 5.69 Å². The van der Waals surface area contributed by atoms with Gasteiger partial charge >= 0.3 is 0 Å². The van der Waals surface area contributed by atoms with Crippen molar-refractivity contribution in [3.63, 3.8) is 0 Å². The second kappa shape index (κ2) is 5.63. The number of thiazole rings is 1. The average Bonchev–Trinajstić information content (AvgIpc) is 2.78. The first-order valence-electron chi connectivity index (χ1n) is 6.88. The van der Waals surface area contributed by atoms with Gasteiger partial charge in [-0.05, 0) is 36.6 Å². The van der Waals surface area contributed by atoms with Gasteiger partial charge in [-0.1, -0.05) is 42.5 Å². The summed E-state index contributed by atoms with van der Waals surface area (Å²) in [5.74, 6) is 0. The number of fused-ring (bicyclic) bond motifs is 1. The molecule has 3 rings (SSSR count). The minimum absolute atomic E-state index is 0.917. The molecule has 0 amide bonds. The van der Waals surface area contributed by atoms with Gasteiger partial charge in [-0.25, -0.2) is 4.98 Å². The quantitative estimate of drug-likeness (QED) is 0.758. The summed E-state index contributed by atoms with van der Waals surface area (Å²) in [5, 5.41) is 7.12. The van der Waals surface area contributed by atoms with E-state index in [1.807, 2.05) is 0 Å². The summed E-state index contributed by atoms with van der Waals surface area (Å²) in [6, 6.07) is 15.1. The maximum Gasteiger partial charge on any atom is 0.183 e. The molecule has 0 atom stereocenters. The fourth-order valence-corrected chi connectivity index (χ4v) is 3.20. The lowest BCUT2D eigenvalue weighted by Crippen LogP contribution is -2.04. The van der Waals surface area contributed by atoms with Gasteiger partial charge in [0.2, 0.25) is 0 Å². The zero-order chi connectivity index (χ0) is 13.9. The first-order chi connectivity index (χ1) is 9.74. The molecule has 1 aromatic heterocycles. The molecule has 20 heavy (non-hydrogen) atoms. The van der Waals surface area contributed by atoms with Crippen molar-refractivity contribution in [2.75, 3.05) is 11.9 Å². The van der Waals surface area contributed by atoms with E-state index in [-0.39, 0.29) is 0 Å². The lowest BCUT2D eigenvalue weighted by atomic mass is 10.0. The first-order valence-corrected chi connectivity index (χ1v) is 7.70. The molecule has 102 valence electrons. The third kappa shape index (κ3) is 2.68. The van der Waals surface area contributed by atoms with Crippen LogP contribution in [0.25, 0.3) is 10.8 Å². The molecule has 0 saturated carbocycles. The summed E-state index contributed by atoms with van der Waals surface area (Å²) < 4.78 is 0. The largest absolute Gasteiger partial charge is 0.361 e. The normalized spacial score (nSPS) is 10.9. The molecule has 3 heteroatoms. The predicted octanol–water partition coefficient (Wildman–Crippen LogP) is 4.57. The molecule has 0 aliphatic carbocycles. The van der Waals surface area contributed by atoms with Gasteiger partial charge in [0, 0.05) is 11.4 Å². The van der Waals surface area contributed by atoms with Crippen LogP contribution < -0.4 is 5.32 Å². The highest BCUT2D eigenvalue weighted by Gasteiger charge is 2.04. The minimum atomic E-state index is 0.917. The maximum atomic E-state index is 4.51. The molecule has 0 unspecified atom stereocenters. The summed E-state index contributed by atoms with van der Waals surface area (Å²) in [5.41, 5.74) is 2.52. The van der Waals surface area contributed by atoms with Crippen molar-refractivity contribution in [1.82, 2.24) is 4.98 Å². The van der Waals surface area contributed by atoms with Crippen LogP contribution in [0.15, 0.2) is 42.5 Å². The predicted molar refractivity (Wildman–Crippen MR) is 87.7 cm³/mol. The number of hydrogen-bond acceptors (Lipinski definition) is 3. The van der Waals surface area contributed by atoms with Gasteiger partial charge in [0.1, 0.15) is 0 Å². The summed E-state index contributed by atoms with van der Waals surface area (Å²) in [4.78, 5) is 5.80. The molecule has 1 N–H and O–H groups in total. The molecule has 0 aliphatic rings. The van der Waals surface area contributed by atoms with Crippen molar-refractivity contribution < 1.29 is 0 Å². The Bertz CT molecular complexity index is 706. The molecule has 1 heterocycles. The van der Waals surface area contributed by atoms with Crippen molar-refractivity contribution in [3.05, 3.63) is 58.6 Å². The fraction of sp³-hybridized carbons (Fsp3) is 0.235. The van der Waals surface area contributed by atoms with Crippen LogP contribution in [-0.4, -0.2) is 11.5 Å². The summed E-state index contributed by atoms with van der Waals surface area (Å²) in [6.45, 7) is 5.09. The molecule has 0 radical (unpaired) electrons. The van der Waals surface area contributed by atoms with Crippen LogP contribution in [0.1, 0.15) is 16.1 Å². The Morgan fingerprint density at radius 1 is 1.05 bits per heavy atom. The topological polar surface area (TPSA) is 24.9 Å². The zero-order valence-electron chi connectivity index (χ0n) is 11.8. The van der Waals surface area contributed by atoms with Crippen LogP contribution in [0, 0.1) is 13.8 Å². The van der Waals surface area contributed by atoms with Crippen LogP contribution in [0.5, 0.6) is 0 Å². The number of rotatable bonds is 4. The van der Waals surface area contributed by atoms with Crippen LogP contribution in [0.4, 0.5) is 5.13 Å². The van der Waals surface area contributed by atoms with Gasteiger partial charge in [0.25, 0.3) is 0 Å². The second-order valence-electron chi connectivity index (χ2n) is 4.98. The van der Waals surface area contributed by atoms with Crippen LogP contribution in [-0.2, 0) is 6.42 Å². The van der Waals surface area contributed by atoms with Gasteiger partial charge < -0.3 is 5.32 Å². The number of anilines is 1. The van der Waals surface area contributed by atoms with Crippen LogP contribution >= 0.6 is 11.3 Å². The molecular formula is C17H18N2S. The third-order valence-electron chi connectivity index (χ3n) is 3.58. The lowest BCUT2D eigenvalue weighted by molar-refractivity contribution is 1.02. The van der Waals surface area contributed by atoms with E-state index in [2.05, 4.69) is 66.6 Å². The van der Waals surface area contributed by atoms with E-state index in [0.29, 0.717) is 0 Å². The molecule has 2 aromatic carbocycles. The van der Waals surface area contributed by atoms with E-state index in [1.54, 1.807) is 11.3 Å². The van der Waals surface area contributed by atoms with Gasteiger partial charge in [-0.15, -0.1) is 11.3 Å². The molecule has 0 spiro atoms. The second-order valence-corrected chi connectivity index (χ2v) is 6.18. The van der Waals surface area contributed by atoms with Crippen molar-refractivity contribution in [1.29, 1.82) is 0 Å². The van der Waals surface area contributed by atoms with Crippen molar-refractivity contribution in [2.24, 2.45) is 0 Å². The smallest absolute Gasteiger partial charge is 0.183 e. The summed E-state index contributed by atoms with van der Waals surface area (Å²) in [6.07, 6.45) is 1.01. The fourth-order valence-electron chi connectivity index (χ4n) is 2.36. The van der Waals surface area contributed by atoms with Crippen molar-refractivity contribution in [3.8, 4) is 0 Å². The summed E-state index contributed by atoms with van der Waals surface area (Å²) in [7, 11) is 0. The Hall–Kier alpha value is -1.87. The molecule has 0 saturated heterocycles. The number of benzene rings is 2. The number of nitrogens with one attached hydrogen (secondary N) is 1. The Morgan fingerprint density at radius 3 is 2.65 bits per heavy atom. The molecular weight excluding hydrogens is 264 g/mol.